The molecule has 1 aliphatic heterocycles. The summed E-state index contributed by atoms with van der Waals surface area (Å²) in [5, 5.41) is 9.49. The van der Waals surface area contributed by atoms with Crippen LogP contribution in [0, 0.1) is 24.2 Å². The molecule has 2 rings (SSSR count). The lowest BCUT2D eigenvalue weighted by Gasteiger charge is -2.30. The number of amides is 1. The Labute approximate surface area is 104 Å². The van der Waals surface area contributed by atoms with Gasteiger partial charge in [0.25, 0.3) is 0 Å². The second kappa shape index (κ2) is 4.64. The van der Waals surface area contributed by atoms with E-state index < -0.39 is 6.09 Å². The molecule has 0 radical (unpaired) electrons. The van der Waals surface area contributed by atoms with E-state index in [1.807, 2.05) is 6.92 Å². The zero-order valence-electron chi connectivity index (χ0n) is 9.31. The Morgan fingerprint density at radius 3 is 3.00 bits per heavy atom. The summed E-state index contributed by atoms with van der Waals surface area (Å²) >= 11 is 5.86. The number of nitriles is 1. The highest BCUT2D eigenvalue weighted by atomic mass is 35.5. The lowest BCUT2D eigenvalue weighted by atomic mass is 10.1. The van der Waals surface area contributed by atoms with Gasteiger partial charge in [0.2, 0.25) is 0 Å². The topological polar surface area (TPSA) is 53.3 Å². The molecule has 1 saturated heterocycles. The zero-order chi connectivity index (χ0) is 12.4. The summed E-state index contributed by atoms with van der Waals surface area (Å²) in [7, 11) is 0. The van der Waals surface area contributed by atoms with Gasteiger partial charge in [-0.15, -0.1) is 0 Å². The number of rotatable bonds is 1. The van der Waals surface area contributed by atoms with Gasteiger partial charge in [0.05, 0.1) is 17.7 Å². The highest BCUT2D eigenvalue weighted by Gasteiger charge is 2.29. The van der Waals surface area contributed by atoms with Crippen LogP contribution in [0.2, 0.25) is 5.02 Å². The summed E-state index contributed by atoms with van der Waals surface area (Å²) in [5.41, 5.74) is 1.62. The van der Waals surface area contributed by atoms with Crippen LogP contribution in [0.15, 0.2) is 18.2 Å². The monoisotopic (exact) mass is 250 g/mol. The van der Waals surface area contributed by atoms with E-state index in [4.69, 9.17) is 21.6 Å². The minimum absolute atomic E-state index is 0.165. The van der Waals surface area contributed by atoms with Crippen molar-refractivity contribution in [3.63, 3.8) is 0 Å². The highest BCUT2D eigenvalue weighted by molar-refractivity contribution is 6.30. The fourth-order valence-corrected chi connectivity index (χ4v) is 2.02. The summed E-state index contributed by atoms with van der Waals surface area (Å²) in [4.78, 5) is 13.1. The molecule has 88 valence electrons. The Bertz CT molecular complexity index is 496. The molecule has 0 bridgehead atoms. The first-order valence-corrected chi connectivity index (χ1v) is 5.59. The SMILES string of the molecule is Cc1cc(Cl)ccc1N1CC(C#N)COC1=O. The van der Waals surface area contributed by atoms with E-state index in [0.717, 1.165) is 11.3 Å². The number of benzene rings is 1. The average Bonchev–Trinajstić information content (AvgIpc) is 2.30. The van der Waals surface area contributed by atoms with Gasteiger partial charge in [0.15, 0.2) is 0 Å². The molecule has 1 aromatic rings. The maximum Gasteiger partial charge on any atom is 0.414 e. The minimum atomic E-state index is -0.415. The van der Waals surface area contributed by atoms with Crippen molar-refractivity contribution in [1.82, 2.24) is 0 Å². The fraction of sp³-hybridized carbons (Fsp3) is 0.333. The maximum absolute atomic E-state index is 11.7. The molecule has 1 amide bonds. The number of ether oxygens (including phenoxy) is 1. The second-order valence-electron chi connectivity index (χ2n) is 3.94. The molecule has 1 aliphatic rings. The molecule has 4 nitrogen and oxygen atoms in total. The maximum atomic E-state index is 11.7. The van der Waals surface area contributed by atoms with Gasteiger partial charge < -0.3 is 4.74 Å². The number of hydrogen-bond acceptors (Lipinski definition) is 3. The number of anilines is 1. The van der Waals surface area contributed by atoms with E-state index in [9.17, 15) is 4.79 Å². The first-order valence-electron chi connectivity index (χ1n) is 5.22. The first kappa shape index (κ1) is 11.7. The van der Waals surface area contributed by atoms with E-state index in [0.29, 0.717) is 11.6 Å². The van der Waals surface area contributed by atoms with Gasteiger partial charge in [0, 0.05) is 11.6 Å². The number of cyclic esters (lactones) is 1. The predicted molar refractivity (Wildman–Crippen MR) is 64.0 cm³/mol. The van der Waals surface area contributed by atoms with Crippen LogP contribution in [0.3, 0.4) is 0 Å². The average molecular weight is 251 g/mol. The van der Waals surface area contributed by atoms with Crippen LogP contribution in [0.5, 0.6) is 0 Å². The van der Waals surface area contributed by atoms with E-state index >= 15 is 0 Å². The van der Waals surface area contributed by atoms with Gasteiger partial charge >= 0.3 is 6.09 Å². The third-order valence-electron chi connectivity index (χ3n) is 2.66. The van der Waals surface area contributed by atoms with Crippen LogP contribution in [0.25, 0.3) is 0 Å². The molecule has 0 saturated carbocycles. The lowest BCUT2D eigenvalue weighted by Crippen LogP contribution is -2.43. The molecular formula is C12H11ClN2O2. The quantitative estimate of drug-likeness (QED) is 0.770. The van der Waals surface area contributed by atoms with E-state index in [-0.39, 0.29) is 12.5 Å². The van der Waals surface area contributed by atoms with Gasteiger partial charge in [-0.3, -0.25) is 4.90 Å². The molecule has 5 heteroatoms. The fourth-order valence-electron chi connectivity index (χ4n) is 1.79. The van der Waals surface area contributed by atoms with Gasteiger partial charge in [-0.1, -0.05) is 11.6 Å². The molecule has 0 aliphatic carbocycles. The molecule has 0 N–H and O–H groups in total. The lowest BCUT2D eigenvalue weighted by molar-refractivity contribution is 0.127. The van der Waals surface area contributed by atoms with E-state index in [1.54, 1.807) is 18.2 Å². The van der Waals surface area contributed by atoms with Crippen molar-refractivity contribution in [1.29, 1.82) is 5.26 Å². The Morgan fingerprint density at radius 1 is 1.59 bits per heavy atom. The second-order valence-corrected chi connectivity index (χ2v) is 4.38. The number of carbonyl (C=O) groups is 1. The van der Waals surface area contributed by atoms with Crippen molar-refractivity contribution in [2.75, 3.05) is 18.1 Å². The Kier molecular flexibility index (Phi) is 3.21. The van der Waals surface area contributed by atoms with Crippen molar-refractivity contribution < 1.29 is 9.53 Å². The number of nitrogens with zero attached hydrogens (tertiary/aromatic N) is 2. The summed E-state index contributed by atoms with van der Waals surface area (Å²) in [6.45, 7) is 2.39. The van der Waals surface area contributed by atoms with Crippen LogP contribution < -0.4 is 4.90 Å². The van der Waals surface area contributed by atoms with Crippen molar-refractivity contribution in [2.45, 2.75) is 6.92 Å². The first-order chi connectivity index (χ1) is 8.11. The molecule has 1 atom stereocenters. The molecule has 1 aromatic carbocycles. The number of hydrogen-bond donors (Lipinski definition) is 0. The van der Waals surface area contributed by atoms with Crippen molar-refractivity contribution in [3.8, 4) is 6.07 Å². The highest BCUT2D eigenvalue weighted by Crippen LogP contribution is 2.26. The van der Waals surface area contributed by atoms with Gasteiger partial charge in [-0.25, -0.2) is 4.79 Å². The predicted octanol–water partition coefficient (Wildman–Crippen LogP) is 2.74. The number of aryl methyl sites for hydroxylation is 1. The van der Waals surface area contributed by atoms with Crippen LogP contribution in [-0.2, 0) is 4.74 Å². The van der Waals surface area contributed by atoms with Crippen LogP contribution in [0.4, 0.5) is 10.5 Å². The molecule has 1 heterocycles. The molecule has 1 unspecified atom stereocenters. The van der Waals surface area contributed by atoms with Crippen LogP contribution in [0.1, 0.15) is 5.56 Å². The Morgan fingerprint density at radius 2 is 2.35 bits per heavy atom. The van der Waals surface area contributed by atoms with Crippen molar-refractivity contribution in [2.24, 2.45) is 5.92 Å². The van der Waals surface area contributed by atoms with Gasteiger partial charge in [0.1, 0.15) is 6.61 Å². The summed E-state index contributed by atoms with van der Waals surface area (Å²) < 4.78 is 4.97. The minimum Gasteiger partial charge on any atom is -0.448 e. The molecule has 0 aromatic heterocycles. The zero-order valence-corrected chi connectivity index (χ0v) is 10.1. The number of carbonyl (C=O) groups excluding carboxylic acids is 1. The van der Waals surface area contributed by atoms with E-state index in [1.165, 1.54) is 4.90 Å². The molecule has 0 spiro atoms. The summed E-state index contributed by atoms with van der Waals surface area (Å²) in [5.74, 6) is -0.289. The normalized spacial score (nSPS) is 19.7. The third kappa shape index (κ3) is 2.34. The molecule has 17 heavy (non-hydrogen) atoms. The smallest absolute Gasteiger partial charge is 0.414 e. The summed E-state index contributed by atoms with van der Waals surface area (Å²) in [6, 6.07) is 7.37. The molecular weight excluding hydrogens is 240 g/mol. The number of halogens is 1. The third-order valence-corrected chi connectivity index (χ3v) is 2.90. The Balaban J connectivity index is 2.31. The van der Waals surface area contributed by atoms with Crippen molar-refractivity contribution in [3.05, 3.63) is 28.8 Å². The van der Waals surface area contributed by atoms with Gasteiger partial charge in [-0.2, -0.15) is 5.26 Å². The summed E-state index contributed by atoms with van der Waals surface area (Å²) in [6.07, 6.45) is -0.415. The standard InChI is InChI=1S/C12H11ClN2O2/c1-8-4-10(13)2-3-11(8)15-6-9(5-14)7-17-12(15)16/h2-4,9H,6-7H2,1H3. The van der Waals surface area contributed by atoms with Crippen LogP contribution in [-0.4, -0.2) is 19.2 Å². The van der Waals surface area contributed by atoms with E-state index in [2.05, 4.69) is 6.07 Å². The van der Waals surface area contributed by atoms with Crippen LogP contribution >= 0.6 is 11.6 Å². The van der Waals surface area contributed by atoms with Gasteiger partial charge in [-0.05, 0) is 30.7 Å². The molecule has 1 fully saturated rings. The largest absolute Gasteiger partial charge is 0.448 e. The Hall–Kier alpha value is -1.73. The van der Waals surface area contributed by atoms with Crippen molar-refractivity contribution >= 4 is 23.4 Å².